The highest BCUT2D eigenvalue weighted by atomic mass is 35.5. The average molecular weight is 289 g/mol. The van der Waals surface area contributed by atoms with Crippen LogP contribution in [0.1, 0.15) is 12.5 Å². The van der Waals surface area contributed by atoms with Crippen molar-refractivity contribution < 1.29 is 23.8 Å². The van der Waals surface area contributed by atoms with Gasteiger partial charge in [0.05, 0.1) is 17.5 Å². The van der Waals surface area contributed by atoms with Crippen LogP contribution in [0.2, 0.25) is 4.34 Å². The molecule has 0 saturated heterocycles. The summed E-state index contributed by atoms with van der Waals surface area (Å²) < 4.78 is 14.9. The van der Waals surface area contributed by atoms with E-state index in [4.69, 9.17) is 16.3 Å². The van der Waals surface area contributed by atoms with E-state index >= 15 is 0 Å². The van der Waals surface area contributed by atoms with Crippen LogP contribution in [0.15, 0.2) is 23.5 Å². The maximum absolute atomic E-state index is 11.9. The number of ketones is 1. The molecule has 0 radical (unpaired) electrons. The number of rotatable bonds is 2. The summed E-state index contributed by atoms with van der Waals surface area (Å²) in [5, 5.41) is 1.72. The van der Waals surface area contributed by atoms with Crippen molar-refractivity contribution in [3.8, 4) is 0 Å². The van der Waals surface area contributed by atoms with Crippen LogP contribution >= 0.6 is 22.9 Å². The van der Waals surface area contributed by atoms with Gasteiger partial charge >= 0.3 is 6.16 Å². The summed E-state index contributed by atoms with van der Waals surface area (Å²) in [4.78, 5) is 22.8. The lowest BCUT2D eigenvalue weighted by atomic mass is 9.95. The number of halogens is 1. The summed E-state index contributed by atoms with van der Waals surface area (Å²) in [6, 6.07) is 1.64. The van der Waals surface area contributed by atoms with Crippen molar-refractivity contribution in [1.82, 2.24) is 0 Å². The Morgan fingerprint density at radius 2 is 2.28 bits per heavy atom. The van der Waals surface area contributed by atoms with E-state index in [0.29, 0.717) is 9.90 Å². The minimum Gasteiger partial charge on any atom is -0.445 e. The smallest absolute Gasteiger partial charge is 0.445 e. The number of ether oxygens (including phenoxy) is 3. The van der Waals surface area contributed by atoms with Gasteiger partial charge in [-0.2, -0.15) is 0 Å². The first-order chi connectivity index (χ1) is 8.45. The van der Waals surface area contributed by atoms with Gasteiger partial charge in [-0.05, 0) is 18.4 Å². The first-order valence-corrected chi connectivity index (χ1v) is 6.17. The molecule has 2 heterocycles. The Morgan fingerprint density at radius 3 is 2.83 bits per heavy atom. The third-order valence-corrected chi connectivity index (χ3v) is 3.58. The quantitative estimate of drug-likeness (QED) is 0.783. The molecule has 1 aromatic heterocycles. The molecule has 0 aliphatic carbocycles. The highest BCUT2D eigenvalue weighted by molar-refractivity contribution is 7.14. The van der Waals surface area contributed by atoms with Crippen LogP contribution in [0.5, 0.6) is 0 Å². The predicted octanol–water partition coefficient (Wildman–Crippen LogP) is 2.84. The normalized spacial score (nSPS) is 22.4. The van der Waals surface area contributed by atoms with Crippen LogP contribution in [0.3, 0.4) is 0 Å². The molecular weight excluding hydrogens is 280 g/mol. The Labute approximate surface area is 112 Å². The van der Waals surface area contributed by atoms with E-state index in [1.54, 1.807) is 18.4 Å². The maximum Gasteiger partial charge on any atom is 0.516 e. The molecule has 0 saturated carbocycles. The van der Waals surface area contributed by atoms with Crippen molar-refractivity contribution in [3.05, 3.63) is 33.4 Å². The topological polar surface area (TPSA) is 61.8 Å². The summed E-state index contributed by atoms with van der Waals surface area (Å²) in [6.45, 7) is 1.58. The summed E-state index contributed by atoms with van der Waals surface area (Å²) in [7, 11) is 1.16. The molecule has 0 aromatic carbocycles. The Kier molecular flexibility index (Phi) is 3.32. The van der Waals surface area contributed by atoms with Gasteiger partial charge in [0, 0.05) is 5.56 Å². The van der Waals surface area contributed by atoms with E-state index in [0.717, 1.165) is 13.2 Å². The Balaban J connectivity index is 2.19. The molecular formula is C11H9ClO5S. The zero-order valence-electron chi connectivity index (χ0n) is 9.56. The van der Waals surface area contributed by atoms with Gasteiger partial charge in [-0.25, -0.2) is 4.79 Å². The third-order valence-electron chi connectivity index (χ3n) is 2.49. The molecule has 0 bridgehead atoms. The molecule has 2 rings (SSSR count). The molecule has 1 aliphatic rings. The van der Waals surface area contributed by atoms with Gasteiger partial charge in [0.15, 0.2) is 5.60 Å². The number of carbonyl (C=O) groups excluding carboxylic acids is 2. The molecule has 18 heavy (non-hydrogen) atoms. The van der Waals surface area contributed by atoms with Crippen molar-refractivity contribution in [2.24, 2.45) is 0 Å². The molecule has 7 heteroatoms. The SMILES string of the molecule is COC(=O)OC1=CC(=O)C(C)(c2csc(Cl)c2)O1. The summed E-state index contributed by atoms with van der Waals surface area (Å²) in [6.07, 6.45) is 0.171. The number of thiophene rings is 1. The lowest BCUT2D eigenvalue weighted by Gasteiger charge is -2.21. The molecule has 1 aliphatic heterocycles. The first kappa shape index (κ1) is 12.9. The van der Waals surface area contributed by atoms with Crippen LogP contribution in [-0.2, 0) is 24.6 Å². The van der Waals surface area contributed by atoms with Gasteiger partial charge in [-0.15, -0.1) is 11.3 Å². The second kappa shape index (κ2) is 4.62. The van der Waals surface area contributed by atoms with E-state index < -0.39 is 11.8 Å². The highest BCUT2D eigenvalue weighted by Crippen LogP contribution is 2.38. The highest BCUT2D eigenvalue weighted by Gasteiger charge is 2.44. The maximum atomic E-state index is 11.9. The Bertz CT molecular complexity index is 535. The average Bonchev–Trinajstić information content (AvgIpc) is 2.85. The van der Waals surface area contributed by atoms with E-state index in [1.807, 2.05) is 0 Å². The zero-order valence-corrected chi connectivity index (χ0v) is 11.1. The standard InChI is InChI=1S/C11H9ClO5S/c1-11(6-3-8(12)18-5-6)7(13)4-9(17-11)16-10(14)15-2/h3-5H,1-2H3. The molecule has 0 N–H and O–H groups in total. The molecule has 1 atom stereocenters. The predicted molar refractivity (Wildman–Crippen MR) is 64.3 cm³/mol. The fourth-order valence-electron chi connectivity index (χ4n) is 1.46. The summed E-state index contributed by atoms with van der Waals surface area (Å²) in [5.41, 5.74) is -0.602. The molecule has 0 spiro atoms. The van der Waals surface area contributed by atoms with Gasteiger partial charge in [-0.1, -0.05) is 11.6 Å². The minimum atomic E-state index is -1.22. The van der Waals surface area contributed by atoms with Crippen LogP contribution < -0.4 is 0 Å². The van der Waals surface area contributed by atoms with Gasteiger partial charge in [0.25, 0.3) is 5.95 Å². The first-order valence-electron chi connectivity index (χ1n) is 4.91. The van der Waals surface area contributed by atoms with Crippen LogP contribution in [-0.4, -0.2) is 19.0 Å². The second-order valence-corrected chi connectivity index (χ2v) is 5.20. The third kappa shape index (κ3) is 2.21. The molecule has 1 aromatic rings. The Morgan fingerprint density at radius 1 is 1.56 bits per heavy atom. The van der Waals surface area contributed by atoms with E-state index in [9.17, 15) is 9.59 Å². The molecule has 1 unspecified atom stereocenters. The van der Waals surface area contributed by atoms with Crippen molar-refractivity contribution in [2.75, 3.05) is 7.11 Å². The Hall–Kier alpha value is -1.53. The van der Waals surface area contributed by atoms with Crippen LogP contribution in [0.25, 0.3) is 0 Å². The van der Waals surface area contributed by atoms with Gasteiger partial charge in [-0.3, -0.25) is 4.79 Å². The molecule has 96 valence electrons. The molecule has 0 amide bonds. The number of hydrogen-bond acceptors (Lipinski definition) is 6. The molecule has 5 nitrogen and oxygen atoms in total. The van der Waals surface area contributed by atoms with Gasteiger partial charge in [0.2, 0.25) is 5.78 Å². The lowest BCUT2D eigenvalue weighted by molar-refractivity contribution is -0.132. The van der Waals surface area contributed by atoms with E-state index in [-0.39, 0.29) is 11.7 Å². The minimum absolute atomic E-state index is 0.184. The number of carbonyl (C=O) groups is 2. The fourth-order valence-corrected chi connectivity index (χ4v) is 2.44. The van der Waals surface area contributed by atoms with Crippen molar-refractivity contribution in [3.63, 3.8) is 0 Å². The van der Waals surface area contributed by atoms with E-state index in [1.165, 1.54) is 11.3 Å². The van der Waals surface area contributed by atoms with Crippen LogP contribution in [0.4, 0.5) is 4.79 Å². The summed E-state index contributed by atoms with van der Waals surface area (Å²) in [5.74, 6) is -0.507. The molecule has 0 fully saturated rings. The van der Waals surface area contributed by atoms with Crippen molar-refractivity contribution in [1.29, 1.82) is 0 Å². The van der Waals surface area contributed by atoms with Gasteiger partial charge < -0.3 is 14.2 Å². The largest absolute Gasteiger partial charge is 0.516 e. The number of methoxy groups -OCH3 is 1. The zero-order chi connectivity index (χ0) is 13.3. The van der Waals surface area contributed by atoms with Crippen molar-refractivity contribution in [2.45, 2.75) is 12.5 Å². The number of hydrogen-bond donors (Lipinski definition) is 0. The fraction of sp³-hybridized carbons (Fsp3) is 0.273. The van der Waals surface area contributed by atoms with Gasteiger partial charge in [0.1, 0.15) is 0 Å². The van der Waals surface area contributed by atoms with E-state index in [2.05, 4.69) is 9.47 Å². The monoisotopic (exact) mass is 288 g/mol. The van der Waals surface area contributed by atoms with Crippen molar-refractivity contribution >= 4 is 34.9 Å². The van der Waals surface area contributed by atoms with Crippen LogP contribution in [0, 0.1) is 0 Å². The summed E-state index contributed by atoms with van der Waals surface area (Å²) >= 11 is 7.11. The second-order valence-electron chi connectivity index (χ2n) is 3.66. The lowest BCUT2D eigenvalue weighted by Crippen LogP contribution is -2.29.